The Morgan fingerprint density at radius 1 is 1.06 bits per heavy atom. The van der Waals surface area contributed by atoms with Crippen LogP contribution in [-0.2, 0) is 19.5 Å². The zero-order chi connectivity index (χ0) is 35.7. The summed E-state index contributed by atoms with van der Waals surface area (Å²) in [4.78, 5) is 15.8. The van der Waals surface area contributed by atoms with Crippen molar-refractivity contribution in [1.29, 1.82) is 0 Å². The molecule has 0 spiro atoms. The molecule has 4 rings (SSSR count). The number of sulfonamides is 1. The topological polar surface area (TPSA) is 120 Å². The van der Waals surface area contributed by atoms with Crippen molar-refractivity contribution in [2.24, 2.45) is 5.92 Å². The predicted octanol–water partition coefficient (Wildman–Crippen LogP) is 4.87. The van der Waals surface area contributed by atoms with Crippen molar-refractivity contribution in [3.05, 3.63) is 69.4 Å². The van der Waals surface area contributed by atoms with Crippen LogP contribution in [0, 0.1) is 5.92 Å². The van der Waals surface area contributed by atoms with Crippen molar-refractivity contribution >= 4 is 44.9 Å². The number of hydrogen-bond donors (Lipinski definition) is 1. The minimum Gasteiger partial charge on any atom is -0.497 e. The van der Waals surface area contributed by atoms with Crippen LogP contribution in [0.2, 0.25) is 0 Å². The number of esters is 1. The zero-order valence-electron chi connectivity index (χ0n) is 27.8. The summed E-state index contributed by atoms with van der Waals surface area (Å²) in [7, 11) is 1.05. The number of rotatable bonds is 19. The van der Waals surface area contributed by atoms with Gasteiger partial charge in [0, 0.05) is 44.8 Å². The maximum atomic E-state index is 13.9. The molecule has 2 aliphatic rings. The van der Waals surface area contributed by atoms with Crippen molar-refractivity contribution in [3.63, 3.8) is 0 Å². The fourth-order valence-corrected chi connectivity index (χ4v) is 6.53. The molecule has 1 saturated carbocycles. The number of benzene rings is 2. The molecule has 1 aliphatic carbocycles. The number of nitrogens with two attached hydrogens (primary N) is 1. The largest absolute Gasteiger partial charge is 0.497 e. The van der Waals surface area contributed by atoms with E-state index in [1.165, 1.54) is 47.8 Å². The molecule has 0 aromatic heterocycles. The first kappa shape index (κ1) is 38.7. The Balaban J connectivity index is 1.69. The lowest BCUT2D eigenvalue weighted by molar-refractivity contribution is -0.580. The van der Waals surface area contributed by atoms with E-state index in [0.717, 1.165) is 19.1 Å². The monoisotopic (exact) mass is 748 g/mol. The molecular weight excluding hydrogens is 707 g/mol. The fourth-order valence-electron chi connectivity index (χ4n) is 5.03. The Bertz CT molecular complexity index is 1640. The van der Waals surface area contributed by atoms with E-state index in [4.69, 9.17) is 46.9 Å². The van der Waals surface area contributed by atoms with E-state index in [9.17, 15) is 22.0 Å². The van der Waals surface area contributed by atoms with Crippen LogP contribution >= 0.6 is 23.2 Å². The lowest BCUT2D eigenvalue weighted by Gasteiger charge is -2.26. The number of carbonyl (C=O) groups is 1. The molecule has 1 atom stereocenters. The van der Waals surface area contributed by atoms with Gasteiger partial charge in [0.2, 0.25) is 10.0 Å². The summed E-state index contributed by atoms with van der Waals surface area (Å²) < 4.78 is 80.7. The van der Waals surface area contributed by atoms with Crippen molar-refractivity contribution in [2.45, 2.75) is 32.0 Å². The molecule has 1 aliphatic heterocycles. The zero-order valence-corrected chi connectivity index (χ0v) is 30.1. The molecule has 1 heterocycles. The van der Waals surface area contributed by atoms with Gasteiger partial charge in [0.1, 0.15) is 24.6 Å². The lowest BCUT2D eigenvalue weighted by atomic mass is 9.99. The number of ether oxygens (including phenoxy) is 5. The van der Waals surface area contributed by atoms with E-state index in [2.05, 4.69) is 0 Å². The van der Waals surface area contributed by atoms with Gasteiger partial charge in [-0.25, -0.2) is 13.2 Å². The van der Waals surface area contributed by atoms with E-state index in [1.807, 2.05) is 11.9 Å². The third-order valence-electron chi connectivity index (χ3n) is 7.96. The van der Waals surface area contributed by atoms with Crippen molar-refractivity contribution in [1.82, 2.24) is 4.90 Å². The molecule has 49 heavy (non-hydrogen) atoms. The van der Waals surface area contributed by atoms with Gasteiger partial charge in [-0.2, -0.15) is 8.78 Å². The van der Waals surface area contributed by atoms with Crippen LogP contribution < -0.4 is 23.8 Å². The maximum absolute atomic E-state index is 13.9. The van der Waals surface area contributed by atoms with E-state index >= 15 is 0 Å². The van der Waals surface area contributed by atoms with E-state index in [1.54, 1.807) is 18.6 Å². The number of hydrogen-bond acceptors (Lipinski definition) is 9. The van der Waals surface area contributed by atoms with Crippen LogP contribution in [0.25, 0.3) is 0 Å². The Kier molecular flexibility index (Phi) is 14.0. The molecule has 270 valence electrons. The standard InChI is InChI=1S/C33H41Cl2F2N3O8S/c1-39(11-12-44-2)9-10-40(49(4,42)43)24-13-23(14-25(16-24)45-3)32(41)47-30(17-26-27(34)18-38-19-28(26)35)22-7-8-29(48-33(36)37)31(15-22)46-20-21-5-6-21/h7-8,13-16,18,21,30,33,38H,5-6,9-12,17,19-20H2,1-4H3/p+1/t30-/m0/s1. The Hall–Kier alpha value is -3.14. The second-order valence-electron chi connectivity index (χ2n) is 11.8. The van der Waals surface area contributed by atoms with Gasteiger partial charge < -0.3 is 33.9 Å². The van der Waals surface area contributed by atoms with Gasteiger partial charge in [-0.1, -0.05) is 29.3 Å². The number of methoxy groups -OCH3 is 2. The smallest absolute Gasteiger partial charge is 0.387 e. The van der Waals surface area contributed by atoms with Crippen LogP contribution in [0.15, 0.2) is 58.2 Å². The van der Waals surface area contributed by atoms with Gasteiger partial charge in [0.15, 0.2) is 11.5 Å². The summed E-state index contributed by atoms with van der Waals surface area (Å²) >= 11 is 13.1. The van der Waals surface area contributed by atoms with E-state index in [-0.39, 0.29) is 41.5 Å². The third kappa shape index (κ3) is 11.4. The van der Waals surface area contributed by atoms with E-state index < -0.39 is 28.7 Å². The number of allylic oxidation sites excluding steroid dienone is 1. The minimum absolute atomic E-state index is 0.0160. The molecule has 0 bridgehead atoms. The molecular formula is C33H42Cl2F2N3O8S+. The average molecular weight is 750 g/mol. The van der Waals surface area contributed by atoms with Crippen molar-refractivity contribution < 1.29 is 51.0 Å². The summed E-state index contributed by atoms with van der Waals surface area (Å²) in [5.74, 6) is -0.331. The summed E-state index contributed by atoms with van der Waals surface area (Å²) in [5, 5.41) is 2.62. The molecule has 11 nitrogen and oxygen atoms in total. The fraction of sp³-hybridized carbons (Fsp3) is 0.485. The number of likely N-dealkylation sites (N-methyl/N-ethyl adjacent to an activating group) is 1. The molecule has 0 unspecified atom stereocenters. The van der Waals surface area contributed by atoms with Crippen LogP contribution in [0.4, 0.5) is 14.5 Å². The van der Waals surface area contributed by atoms with Crippen LogP contribution in [-0.4, -0.2) is 92.8 Å². The highest BCUT2D eigenvalue weighted by molar-refractivity contribution is 7.92. The molecule has 2 N–H and O–H groups in total. The van der Waals surface area contributed by atoms with Gasteiger partial charge in [-0.15, -0.1) is 0 Å². The minimum atomic E-state index is -3.78. The van der Waals surface area contributed by atoms with Crippen molar-refractivity contribution in [2.75, 3.05) is 71.2 Å². The average Bonchev–Trinajstić information content (AvgIpc) is 3.88. The molecule has 0 amide bonds. The Morgan fingerprint density at radius 3 is 2.45 bits per heavy atom. The molecule has 1 fully saturated rings. The predicted molar refractivity (Wildman–Crippen MR) is 182 cm³/mol. The lowest BCUT2D eigenvalue weighted by Crippen LogP contribution is -2.79. The first-order valence-electron chi connectivity index (χ1n) is 15.6. The van der Waals surface area contributed by atoms with Gasteiger partial charge in [-0.05, 0) is 55.6 Å². The van der Waals surface area contributed by atoms with Crippen LogP contribution in [0.3, 0.4) is 0 Å². The highest BCUT2D eigenvalue weighted by Crippen LogP contribution is 2.39. The Labute approximate surface area is 295 Å². The van der Waals surface area contributed by atoms with Gasteiger partial charge in [0.25, 0.3) is 0 Å². The third-order valence-corrected chi connectivity index (χ3v) is 9.89. The number of carbonyl (C=O) groups excluding carboxylic acids is 1. The van der Waals surface area contributed by atoms with Gasteiger partial charge in [0.05, 0.1) is 47.9 Å². The molecule has 2 aromatic rings. The molecule has 0 radical (unpaired) electrons. The number of anilines is 1. The highest BCUT2D eigenvalue weighted by atomic mass is 35.5. The second-order valence-corrected chi connectivity index (χ2v) is 14.6. The first-order chi connectivity index (χ1) is 23.3. The maximum Gasteiger partial charge on any atom is 0.387 e. The highest BCUT2D eigenvalue weighted by Gasteiger charge is 2.29. The number of quaternary nitrogens is 1. The van der Waals surface area contributed by atoms with Gasteiger partial charge in [-0.3, -0.25) is 4.31 Å². The normalized spacial score (nSPS) is 15.7. The Morgan fingerprint density at radius 2 is 1.82 bits per heavy atom. The quantitative estimate of drug-likeness (QED) is 0.201. The summed E-state index contributed by atoms with van der Waals surface area (Å²) in [5.41, 5.74) is 1.18. The number of nitrogens with zero attached hydrogens (tertiary/aromatic N) is 2. The summed E-state index contributed by atoms with van der Waals surface area (Å²) in [6.07, 6.45) is 3.76. The van der Waals surface area contributed by atoms with Crippen LogP contribution in [0.5, 0.6) is 17.2 Å². The van der Waals surface area contributed by atoms with E-state index in [0.29, 0.717) is 60.0 Å². The first-order valence-corrected chi connectivity index (χ1v) is 18.2. The number of halogens is 4. The summed E-state index contributed by atoms with van der Waals surface area (Å²) in [6.45, 7) is -0.795. The van der Waals surface area contributed by atoms with Gasteiger partial charge >= 0.3 is 12.6 Å². The molecule has 2 aromatic carbocycles. The molecule has 0 saturated heterocycles. The second kappa shape index (κ2) is 17.7. The SMILES string of the molecule is COCCN(C)CCN(c1cc(OC)cc(C(=O)O[C@@H](CC2=C(Cl)C[NH2+]C=C2Cl)c2ccc(OC(F)F)c(OCC3CC3)c2)c1)S(C)(=O)=O. The van der Waals surface area contributed by atoms with Crippen molar-refractivity contribution in [3.8, 4) is 17.2 Å². The summed E-state index contributed by atoms with van der Waals surface area (Å²) in [6, 6.07) is 8.71. The number of alkyl halides is 2. The molecule has 16 heteroatoms. The van der Waals surface area contributed by atoms with Crippen LogP contribution in [0.1, 0.15) is 41.3 Å².